The summed E-state index contributed by atoms with van der Waals surface area (Å²) in [5, 5.41) is 6.64. The van der Waals surface area contributed by atoms with Crippen molar-refractivity contribution < 1.29 is 36.6 Å². The molecule has 0 unspecified atom stereocenters. The van der Waals surface area contributed by atoms with Crippen LogP contribution in [0.3, 0.4) is 0 Å². The van der Waals surface area contributed by atoms with Crippen LogP contribution < -0.4 is 29.3 Å². The molecule has 2 amide bonds. The molecule has 4 rings (SSSR count). The lowest BCUT2D eigenvalue weighted by molar-refractivity contribution is -0.123. The number of hydrogen-bond donors (Lipinski definition) is 2. The number of furan rings is 1. The lowest BCUT2D eigenvalue weighted by Gasteiger charge is -2.24. The molecule has 0 radical (unpaired) electrons. The molecular formula is C30H30N4O8S. The van der Waals surface area contributed by atoms with Gasteiger partial charge in [0.1, 0.15) is 18.1 Å². The third-order valence-electron chi connectivity index (χ3n) is 5.97. The zero-order valence-corrected chi connectivity index (χ0v) is 24.2. The van der Waals surface area contributed by atoms with Gasteiger partial charge in [0.25, 0.3) is 21.8 Å². The Bertz CT molecular complexity index is 1640. The highest BCUT2D eigenvalue weighted by Crippen LogP contribution is 2.32. The molecule has 12 nitrogen and oxygen atoms in total. The molecule has 3 aromatic carbocycles. The summed E-state index contributed by atoms with van der Waals surface area (Å²) < 4.78 is 49.3. The van der Waals surface area contributed by atoms with Gasteiger partial charge in [-0.05, 0) is 66.2 Å². The summed E-state index contributed by atoms with van der Waals surface area (Å²) >= 11 is 0. The number of nitrogens with zero attached hydrogens (tertiary/aromatic N) is 2. The number of ether oxygens (including phenoxy) is 3. The summed E-state index contributed by atoms with van der Waals surface area (Å²) in [6.07, 6.45) is 2.92. The van der Waals surface area contributed by atoms with Crippen LogP contribution in [0.25, 0.3) is 0 Å². The maximum Gasteiger partial charge on any atom is 0.264 e. The molecule has 0 saturated heterocycles. The maximum atomic E-state index is 13.6. The van der Waals surface area contributed by atoms with Crippen molar-refractivity contribution in [1.82, 2.24) is 10.7 Å². The first-order valence-corrected chi connectivity index (χ1v) is 14.4. The van der Waals surface area contributed by atoms with E-state index in [9.17, 15) is 18.0 Å². The van der Waals surface area contributed by atoms with Crippen molar-refractivity contribution in [2.75, 3.05) is 31.7 Å². The van der Waals surface area contributed by atoms with Crippen LogP contribution in [0, 0.1) is 0 Å². The largest absolute Gasteiger partial charge is 0.493 e. The smallest absolute Gasteiger partial charge is 0.264 e. The summed E-state index contributed by atoms with van der Waals surface area (Å²) in [6, 6.07) is 22.6. The number of carbonyl (C=O) groups excluding carboxylic acids is 2. The lowest BCUT2D eigenvalue weighted by atomic mass is 10.2. The van der Waals surface area contributed by atoms with Gasteiger partial charge in [0, 0.05) is 6.07 Å². The van der Waals surface area contributed by atoms with E-state index in [1.54, 1.807) is 66.7 Å². The average Bonchev–Trinajstić information content (AvgIpc) is 3.56. The fourth-order valence-corrected chi connectivity index (χ4v) is 5.24. The quantitative estimate of drug-likeness (QED) is 0.164. The number of rotatable bonds is 14. The molecule has 0 aliphatic heterocycles. The van der Waals surface area contributed by atoms with Crippen molar-refractivity contribution in [1.29, 1.82) is 0 Å². The summed E-state index contributed by atoms with van der Waals surface area (Å²) in [5.41, 5.74) is 3.29. The van der Waals surface area contributed by atoms with Crippen molar-refractivity contribution in [3.05, 3.63) is 103 Å². The van der Waals surface area contributed by atoms with Gasteiger partial charge in [-0.3, -0.25) is 13.9 Å². The molecule has 13 heteroatoms. The van der Waals surface area contributed by atoms with Gasteiger partial charge in [-0.15, -0.1) is 0 Å². The highest BCUT2D eigenvalue weighted by molar-refractivity contribution is 7.92. The fraction of sp³-hybridized carbons (Fsp3) is 0.167. The van der Waals surface area contributed by atoms with Crippen molar-refractivity contribution in [3.63, 3.8) is 0 Å². The predicted molar refractivity (Wildman–Crippen MR) is 159 cm³/mol. The second kappa shape index (κ2) is 14.5. The number of nitrogens with one attached hydrogen (secondary N) is 2. The van der Waals surface area contributed by atoms with Gasteiger partial charge in [0.15, 0.2) is 18.1 Å². The number of benzene rings is 3. The number of amides is 2. The first-order chi connectivity index (χ1) is 20.8. The van der Waals surface area contributed by atoms with E-state index in [1.165, 1.54) is 44.9 Å². The highest BCUT2D eigenvalue weighted by Gasteiger charge is 2.28. The molecule has 0 aliphatic carbocycles. The van der Waals surface area contributed by atoms with Gasteiger partial charge in [0.05, 0.1) is 43.8 Å². The lowest BCUT2D eigenvalue weighted by Crippen LogP contribution is -2.39. The predicted octanol–water partition coefficient (Wildman–Crippen LogP) is 3.34. The number of sulfonamides is 1. The van der Waals surface area contributed by atoms with Gasteiger partial charge in [-0.1, -0.05) is 18.2 Å². The second-order valence-electron chi connectivity index (χ2n) is 8.87. The monoisotopic (exact) mass is 606 g/mol. The Morgan fingerprint density at radius 3 is 2.33 bits per heavy atom. The normalized spacial score (nSPS) is 11.1. The molecule has 0 fully saturated rings. The fourth-order valence-electron chi connectivity index (χ4n) is 3.81. The van der Waals surface area contributed by atoms with Crippen molar-refractivity contribution >= 4 is 33.7 Å². The van der Waals surface area contributed by atoms with Gasteiger partial charge in [-0.25, -0.2) is 13.8 Å². The van der Waals surface area contributed by atoms with Crippen molar-refractivity contribution in [3.8, 4) is 17.2 Å². The molecule has 0 spiro atoms. The number of anilines is 1. The zero-order valence-electron chi connectivity index (χ0n) is 23.4. The Morgan fingerprint density at radius 1 is 0.907 bits per heavy atom. The first-order valence-electron chi connectivity index (χ1n) is 12.9. The van der Waals surface area contributed by atoms with E-state index >= 15 is 0 Å². The molecule has 4 aromatic rings. The Balaban J connectivity index is 1.36. The molecule has 0 aliphatic rings. The minimum atomic E-state index is -4.18. The topological polar surface area (TPSA) is 149 Å². The minimum Gasteiger partial charge on any atom is -0.493 e. The average molecular weight is 607 g/mol. The van der Waals surface area contributed by atoms with E-state index in [1.807, 2.05) is 0 Å². The number of hydrazone groups is 1. The van der Waals surface area contributed by atoms with Gasteiger partial charge in [-0.2, -0.15) is 5.10 Å². The van der Waals surface area contributed by atoms with E-state index in [0.717, 1.165) is 4.31 Å². The molecule has 1 aromatic heterocycles. The molecule has 2 N–H and O–H groups in total. The summed E-state index contributed by atoms with van der Waals surface area (Å²) in [4.78, 5) is 24.7. The SMILES string of the molecule is COc1ccc(S(=O)(=O)N(CC(=O)N/N=C\c2ccc(OCC(=O)NCc3ccco3)cc2)c2ccccc2)cc1OC. The van der Waals surface area contributed by atoms with Gasteiger partial charge < -0.3 is 23.9 Å². The summed E-state index contributed by atoms with van der Waals surface area (Å²) in [7, 11) is -1.33. The van der Waals surface area contributed by atoms with Crippen LogP contribution in [0.4, 0.5) is 5.69 Å². The van der Waals surface area contributed by atoms with Crippen molar-refractivity contribution in [2.24, 2.45) is 5.10 Å². The zero-order chi connectivity index (χ0) is 30.7. The molecule has 0 bridgehead atoms. The molecular weight excluding hydrogens is 576 g/mol. The number of para-hydroxylation sites is 1. The molecule has 224 valence electrons. The Kier molecular flexibility index (Phi) is 10.4. The van der Waals surface area contributed by atoms with Crippen LogP contribution >= 0.6 is 0 Å². The van der Waals surface area contributed by atoms with Crippen LogP contribution in [0.2, 0.25) is 0 Å². The number of carbonyl (C=O) groups is 2. The summed E-state index contributed by atoms with van der Waals surface area (Å²) in [6.45, 7) is -0.442. The third kappa shape index (κ3) is 8.36. The molecule has 0 atom stereocenters. The van der Waals surface area contributed by atoms with Gasteiger partial charge >= 0.3 is 0 Å². The first kappa shape index (κ1) is 30.7. The number of hydrogen-bond acceptors (Lipinski definition) is 9. The standard InChI is InChI=1S/C30H30N4O8S/c1-39-27-15-14-26(17-28(27)40-2)43(37,38)34(23-7-4-3-5-8-23)20-29(35)33-32-18-22-10-12-24(13-11-22)42-21-30(36)31-19-25-9-6-16-41-25/h3-18H,19-21H2,1-2H3,(H,31,36)(H,33,35)/b32-18-. The minimum absolute atomic E-state index is 0.0809. The van der Waals surface area contributed by atoms with E-state index in [0.29, 0.717) is 28.5 Å². The Morgan fingerprint density at radius 2 is 1.65 bits per heavy atom. The van der Waals surface area contributed by atoms with Crippen LogP contribution in [0.15, 0.2) is 106 Å². The summed E-state index contributed by atoms with van der Waals surface area (Å²) in [5.74, 6) is 0.734. The second-order valence-corrected chi connectivity index (χ2v) is 10.7. The third-order valence-corrected chi connectivity index (χ3v) is 7.74. The maximum absolute atomic E-state index is 13.6. The van der Waals surface area contributed by atoms with Crippen LogP contribution in [0.5, 0.6) is 17.2 Å². The van der Waals surface area contributed by atoms with Gasteiger partial charge in [0.2, 0.25) is 0 Å². The van der Waals surface area contributed by atoms with E-state index in [4.69, 9.17) is 18.6 Å². The van der Waals surface area contributed by atoms with Crippen LogP contribution in [0.1, 0.15) is 11.3 Å². The van der Waals surface area contributed by atoms with Crippen molar-refractivity contribution in [2.45, 2.75) is 11.4 Å². The molecule has 1 heterocycles. The van der Waals surface area contributed by atoms with E-state index < -0.39 is 22.5 Å². The van der Waals surface area contributed by atoms with Crippen LogP contribution in [-0.4, -0.2) is 53.8 Å². The Labute approximate surface area is 248 Å². The molecule has 0 saturated carbocycles. The Hall–Kier alpha value is -5.30. The van der Waals surface area contributed by atoms with E-state index in [-0.39, 0.29) is 29.7 Å². The van der Waals surface area contributed by atoms with Crippen LogP contribution in [-0.2, 0) is 26.2 Å². The van der Waals surface area contributed by atoms with E-state index in [2.05, 4.69) is 15.8 Å². The molecule has 43 heavy (non-hydrogen) atoms. The number of methoxy groups -OCH3 is 2. The highest BCUT2D eigenvalue weighted by atomic mass is 32.2.